The molecule has 0 radical (unpaired) electrons. The minimum absolute atomic E-state index is 0.163. The van der Waals surface area contributed by atoms with Crippen molar-refractivity contribution in [1.29, 1.82) is 0 Å². The van der Waals surface area contributed by atoms with Gasteiger partial charge in [-0.3, -0.25) is 4.79 Å². The van der Waals surface area contributed by atoms with E-state index in [9.17, 15) is 4.79 Å². The topological polar surface area (TPSA) is 96.3 Å². The predicted molar refractivity (Wildman–Crippen MR) is 143 cm³/mol. The zero-order valence-electron chi connectivity index (χ0n) is 21.7. The van der Waals surface area contributed by atoms with Crippen molar-refractivity contribution in [3.05, 3.63) is 95.6 Å². The summed E-state index contributed by atoms with van der Waals surface area (Å²) in [7, 11) is 0. The molecule has 0 fully saturated rings. The molecule has 38 heavy (non-hydrogen) atoms. The van der Waals surface area contributed by atoms with Gasteiger partial charge in [-0.2, -0.15) is 0 Å². The quantitative estimate of drug-likeness (QED) is 0.0781. The van der Waals surface area contributed by atoms with Crippen molar-refractivity contribution in [2.45, 2.75) is 52.7 Å². The number of aryl methyl sites for hydroxylation is 1. The van der Waals surface area contributed by atoms with E-state index in [1.165, 1.54) is 0 Å². The highest BCUT2D eigenvalue weighted by atomic mass is 16.6. The van der Waals surface area contributed by atoms with E-state index < -0.39 is 0 Å². The van der Waals surface area contributed by atoms with Gasteiger partial charge in [0.05, 0.1) is 18.6 Å². The molecular formula is C30H32N2O6. The summed E-state index contributed by atoms with van der Waals surface area (Å²) < 4.78 is 21.9. The van der Waals surface area contributed by atoms with Crippen LogP contribution in [0.25, 0.3) is 11.7 Å². The molecule has 0 N–H and O–H groups in total. The lowest BCUT2D eigenvalue weighted by atomic mass is 10.0. The summed E-state index contributed by atoms with van der Waals surface area (Å²) in [6.07, 6.45) is 4.25. The Labute approximate surface area is 222 Å². The lowest BCUT2D eigenvalue weighted by Gasteiger charge is -2.08. The van der Waals surface area contributed by atoms with Crippen LogP contribution in [0, 0.1) is 6.92 Å². The number of aromatic nitrogens is 1. The third-order valence-corrected chi connectivity index (χ3v) is 5.79. The number of oxime groups is 1. The number of carbonyl (C=O) groups excluding carboxylic acids is 1. The van der Waals surface area contributed by atoms with E-state index in [1.807, 2.05) is 68.4 Å². The normalized spacial score (nSPS) is 11.4. The van der Waals surface area contributed by atoms with Crippen LogP contribution in [0.5, 0.6) is 5.75 Å². The van der Waals surface area contributed by atoms with Crippen molar-refractivity contribution in [1.82, 2.24) is 4.98 Å². The first-order valence-corrected chi connectivity index (χ1v) is 12.7. The predicted octanol–water partition coefficient (Wildman–Crippen LogP) is 6.87. The number of ether oxygens (including phenoxy) is 2. The second kappa shape index (κ2) is 13.8. The Balaban J connectivity index is 1.28. The molecule has 198 valence electrons. The highest BCUT2D eigenvalue weighted by Gasteiger charge is 2.14. The Kier molecular flexibility index (Phi) is 9.73. The molecule has 8 nitrogen and oxygen atoms in total. The molecule has 0 aliphatic carbocycles. The zero-order chi connectivity index (χ0) is 26.6. The van der Waals surface area contributed by atoms with E-state index in [2.05, 4.69) is 10.1 Å². The van der Waals surface area contributed by atoms with Crippen LogP contribution in [0.15, 0.2) is 87.0 Å². The number of furan rings is 1. The number of nitrogens with zero attached hydrogens (tertiary/aromatic N) is 2. The third kappa shape index (κ3) is 7.83. The molecule has 4 aromatic rings. The largest absolute Gasteiger partial charge is 0.487 e. The van der Waals surface area contributed by atoms with Gasteiger partial charge in [-0.1, -0.05) is 47.6 Å². The average Bonchev–Trinajstić information content (AvgIpc) is 3.60. The van der Waals surface area contributed by atoms with Crippen LogP contribution < -0.4 is 4.74 Å². The summed E-state index contributed by atoms with van der Waals surface area (Å²) in [5, 5.41) is 4.42. The number of carbonyl (C=O) groups is 1. The fourth-order valence-electron chi connectivity index (χ4n) is 3.75. The molecule has 2 aromatic heterocycles. The van der Waals surface area contributed by atoms with Gasteiger partial charge >= 0.3 is 5.97 Å². The van der Waals surface area contributed by atoms with Crippen molar-refractivity contribution >= 4 is 11.7 Å². The molecular weight excluding hydrogens is 484 g/mol. The van der Waals surface area contributed by atoms with Gasteiger partial charge in [0.15, 0.2) is 5.76 Å². The van der Waals surface area contributed by atoms with Crippen LogP contribution in [0.2, 0.25) is 0 Å². The lowest BCUT2D eigenvalue weighted by molar-refractivity contribution is -0.143. The van der Waals surface area contributed by atoms with Gasteiger partial charge in [0, 0.05) is 6.42 Å². The third-order valence-electron chi connectivity index (χ3n) is 5.79. The Morgan fingerprint density at radius 2 is 1.74 bits per heavy atom. The summed E-state index contributed by atoms with van der Waals surface area (Å²) in [5.74, 6) is 2.26. The number of unbranched alkanes of at least 4 members (excludes halogenated alkanes) is 1. The van der Waals surface area contributed by atoms with Crippen LogP contribution in [0.4, 0.5) is 0 Å². The Hall–Kier alpha value is -4.33. The van der Waals surface area contributed by atoms with Crippen LogP contribution >= 0.6 is 0 Å². The van der Waals surface area contributed by atoms with Crippen LogP contribution in [-0.2, 0) is 27.6 Å². The SMILES string of the molecule is CCOC(=O)CCCCC(=NOCc1ccc(OCc2nc(-c3ccco3)oc2C)cc1)c1ccccc1. The van der Waals surface area contributed by atoms with Gasteiger partial charge in [0.25, 0.3) is 5.89 Å². The van der Waals surface area contributed by atoms with Crippen molar-refractivity contribution < 1.29 is 27.9 Å². The van der Waals surface area contributed by atoms with E-state index >= 15 is 0 Å². The second-order valence-corrected chi connectivity index (χ2v) is 8.62. The fraction of sp³-hybridized carbons (Fsp3) is 0.300. The molecule has 0 unspecified atom stereocenters. The van der Waals surface area contributed by atoms with E-state index in [4.69, 9.17) is 23.1 Å². The molecule has 0 amide bonds. The number of esters is 1. The Morgan fingerprint density at radius 1 is 0.947 bits per heavy atom. The molecule has 0 saturated carbocycles. The van der Waals surface area contributed by atoms with Gasteiger partial charge in [0.1, 0.15) is 30.4 Å². The summed E-state index contributed by atoms with van der Waals surface area (Å²) in [6.45, 7) is 4.68. The summed E-state index contributed by atoms with van der Waals surface area (Å²) in [5.41, 5.74) is 3.54. The molecule has 0 aliphatic heterocycles. The van der Waals surface area contributed by atoms with Crippen LogP contribution in [0.1, 0.15) is 55.2 Å². The molecule has 0 atom stereocenters. The van der Waals surface area contributed by atoms with E-state index in [-0.39, 0.29) is 12.6 Å². The van der Waals surface area contributed by atoms with Crippen molar-refractivity contribution in [3.8, 4) is 17.4 Å². The van der Waals surface area contributed by atoms with Crippen LogP contribution in [0.3, 0.4) is 0 Å². The first-order valence-electron chi connectivity index (χ1n) is 12.7. The van der Waals surface area contributed by atoms with Crippen molar-refractivity contribution in [2.24, 2.45) is 5.16 Å². The summed E-state index contributed by atoms with van der Waals surface area (Å²) >= 11 is 0. The standard InChI is InChI=1S/C30H32N2O6/c1-3-34-29(33)14-8-7-12-26(24-10-5-4-6-11-24)32-37-20-23-15-17-25(18-16-23)36-21-27-22(2)38-30(31-27)28-13-9-19-35-28/h4-6,9-11,13,15-19H,3,7-8,12,14,20-21H2,1-2H3. The van der Waals surface area contributed by atoms with Crippen LogP contribution in [-0.4, -0.2) is 23.3 Å². The molecule has 0 bridgehead atoms. The molecule has 0 spiro atoms. The smallest absolute Gasteiger partial charge is 0.305 e. The molecule has 0 aliphatic rings. The van der Waals surface area contributed by atoms with Gasteiger partial charge in [0.2, 0.25) is 0 Å². The maximum atomic E-state index is 11.6. The van der Waals surface area contributed by atoms with Gasteiger partial charge in [-0.05, 0) is 68.5 Å². The minimum atomic E-state index is -0.163. The summed E-state index contributed by atoms with van der Waals surface area (Å²) in [6, 6.07) is 21.2. The molecule has 4 rings (SSSR count). The monoisotopic (exact) mass is 516 g/mol. The molecule has 8 heteroatoms. The maximum Gasteiger partial charge on any atom is 0.305 e. The molecule has 2 aromatic carbocycles. The number of rotatable bonds is 14. The number of hydrogen-bond donors (Lipinski definition) is 0. The number of oxazole rings is 1. The van der Waals surface area contributed by atoms with Gasteiger partial charge < -0.3 is 23.1 Å². The van der Waals surface area contributed by atoms with E-state index in [0.29, 0.717) is 54.9 Å². The lowest BCUT2D eigenvalue weighted by Crippen LogP contribution is -2.05. The summed E-state index contributed by atoms with van der Waals surface area (Å²) in [4.78, 5) is 21.8. The minimum Gasteiger partial charge on any atom is -0.487 e. The number of benzene rings is 2. The Bertz CT molecular complexity index is 1290. The zero-order valence-corrected chi connectivity index (χ0v) is 21.7. The number of hydrogen-bond acceptors (Lipinski definition) is 8. The van der Waals surface area contributed by atoms with Gasteiger partial charge in [-0.15, -0.1) is 0 Å². The van der Waals surface area contributed by atoms with Crippen molar-refractivity contribution in [3.63, 3.8) is 0 Å². The van der Waals surface area contributed by atoms with E-state index in [0.717, 1.165) is 29.7 Å². The van der Waals surface area contributed by atoms with E-state index in [1.54, 1.807) is 18.4 Å². The van der Waals surface area contributed by atoms with Crippen molar-refractivity contribution in [2.75, 3.05) is 6.61 Å². The maximum absolute atomic E-state index is 11.6. The first kappa shape index (κ1) is 26.7. The molecule has 0 saturated heterocycles. The average molecular weight is 517 g/mol. The molecule has 2 heterocycles. The fourth-order valence-corrected chi connectivity index (χ4v) is 3.75. The Morgan fingerprint density at radius 3 is 2.47 bits per heavy atom. The van der Waals surface area contributed by atoms with Gasteiger partial charge in [-0.25, -0.2) is 4.98 Å². The highest BCUT2D eigenvalue weighted by molar-refractivity contribution is 6.00. The highest BCUT2D eigenvalue weighted by Crippen LogP contribution is 2.23. The second-order valence-electron chi connectivity index (χ2n) is 8.62. The first-order chi connectivity index (χ1) is 18.6.